The van der Waals surface area contributed by atoms with Crippen molar-refractivity contribution < 1.29 is 0 Å². The highest BCUT2D eigenvalue weighted by molar-refractivity contribution is 9.10. The van der Waals surface area contributed by atoms with Gasteiger partial charge in [-0.2, -0.15) is 0 Å². The number of hydrogen-bond acceptors (Lipinski definition) is 1. The Hall–Kier alpha value is -0.600. The Morgan fingerprint density at radius 2 is 1.86 bits per heavy atom. The fourth-order valence-electron chi connectivity index (χ4n) is 1.55. The molecule has 72 valence electrons. The van der Waals surface area contributed by atoms with Crippen molar-refractivity contribution in [2.75, 3.05) is 0 Å². The van der Waals surface area contributed by atoms with Crippen LogP contribution in [-0.2, 0) is 0 Å². The lowest BCUT2D eigenvalue weighted by Crippen LogP contribution is -1.82. The summed E-state index contributed by atoms with van der Waals surface area (Å²) in [7, 11) is 0. The van der Waals surface area contributed by atoms with Crippen LogP contribution in [0.25, 0.3) is 11.1 Å². The molecule has 0 aliphatic heterocycles. The maximum atomic E-state index is 3.51. The largest absolute Gasteiger partial charge is 0.149 e. The summed E-state index contributed by atoms with van der Waals surface area (Å²) in [5.41, 5.74) is 4.02. The molecule has 0 atom stereocenters. The second-order valence-electron chi connectivity index (χ2n) is 3.35. The summed E-state index contributed by atoms with van der Waals surface area (Å²) in [6, 6.07) is 8.61. The second kappa shape index (κ2) is 3.87. The lowest BCUT2D eigenvalue weighted by Gasteiger charge is -2.05. The van der Waals surface area contributed by atoms with Crippen LogP contribution in [0.1, 0.15) is 10.4 Å². The van der Waals surface area contributed by atoms with Gasteiger partial charge >= 0.3 is 0 Å². The van der Waals surface area contributed by atoms with Gasteiger partial charge in [0.25, 0.3) is 0 Å². The van der Waals surface area contributed by atoms with E-state index in [0.29, 0.717) is 0 Å². The number of benzene rings is 1. The van der Waals surface area contributed by atoms with Crippen LogP contribution in [-0.4, -0.2) is 0 Å². The highest BCUT2D eigenvalue weighted by Gasteiger charge is 2.06. The fraction of sp³-hybridized carbons (Fsp3) is 0.167. The second-order valence-corrected chi connectivity index (χ2v) is 5.39. The Morgan fingerprint density at radius 1 is 1.07 bits per heavy atom. The summed E-state index contributed by atoms with van der Waals surface area (Å²) in [5.74, 6) is 0. The van der Waals surface area contributed by atoms with E-state index >= 15 is 0 Å². The number of aryl methyl sites for hydroxylation is 2. The van der Waals surface area contributed by atoms with Gasteiger partial charge in [-0.1, -0.05) is 22.0 Å². The van der Waals surface area contributed by atoms with E-state index in [1.807, 2.05) is 0 Å². The van der Waals surface area contributed by atoms with Crippen molar-refractivity contribution in [3.8, 4) is 11.1 Å². The highest BCUT2D eigenvalue weighted by Crippen LogP contribution is 2.31. The van der Waals surface area contributed by atoms with Crippen molar-refractivity contribution in [3.05, 3.63) is 44.6 Å². The predicted molar refractivity (Wildman–Crippen MR) is 66.9 cm³/mol. The van der Waals surface area contributed by atoms with E-state index in [0.717, 1.165) is 4.47 Å². The molecule has 0 amide bonds. The van der Waals surface area contributed by atoms with Crippen molar-refractivity contribution in [2.24, 2.45) is 0 Å². The molecule has 2 heteroatoms. The molecule has 2 aromatic rings. The number of rotatable bonds is 1. The van der Waals surface area contributed by atoms with E-state index in [1.54, 1.807) is 11.3 Å². The number of hydrogen-bond donors (Lipinski definition) is 0. The summed E-state index contributed by atoms with van der Waals surface area (Å²) >= 11 is 5.31. The monoisotopic (exact) mass is 266 g/mol. The van der Waals surface area contributed by atoms with Gasteiger partial charge < -0.3 is 0 Å². The average molecular weight is 267 g/mol. The zero-order valence-corrected chi connectivity index (χ0v) is 10.6. The molecule has 1 heterocycles. The van der Waals surface area contributed by atoms with Crippen LogP contribution >= 0.6 is 27.3 Å². The summed E-state index contributed by atoms with van der Waals surface area (Å²) < 4.78 is 1.14. The fourth-order valence-corrected chi connectivity index (χ4v) is 2.62. The van der Waals surface area contributed by atoms with Gasteiger partial charge in [0, 0.05) is 9.35 Å². The molecule has 0 nitrogen and oxygen atoms in total. The first-order chi connectivity index (χ1) is 6.68. The number of halogens is 1. The summed E-state index contributed by atoms with van der Waals surface area (Å²) in [6.07, 6.45) is 0. The van der Waals surface area contributed by atoms with Gasteiger partial charge in [0.2, 0.25) is 0 Å². The lowest BCUT2D eigenvalue weighted by molar-refractivity contribution is 1.44. The predicted octanol–water partition coefficient (Wildman–Crippen LogP) is 4.79. The van der Waals surface area contributed by atoms with E-state index in [-0.39, 0.29) is 0 Å². The lowest BCUT2D eigenvalue weighted by atomic mass is 10.0. The Kier molecular flexibility index (Phi) is 2.75. The van der Waals surface area contributed by atoms with Crippen LogP contribution in [0.2, 0.25) is 0 Å². The molecule has 0 spiro atoms. The summed E-state index contributed by atoms with van der Waals surface area (Å²) in [4.78, 5) is 1.38. The molecule has 0 saturated heterocycles. The van der Waals surface area contributed by atoms with E-state index in [1.165, 1.54) is 21.6 Å². The Balaban J connectivity index is 2.62. The van der Waals surface area contributed by atoms with Crippen LogP contribution in [0.4, 0.5) is 0 Å². The van der Waals surface area contributed by atoms with Crippen LogP contribution in [0.3, 0.4) is 0 Å². The third-order valence-corrected chi connectivity index (χ3v) is 3.69. The van der Waals surface area contributed by atoms with Crippen molar-refractivity contribution in [3.63, 3.8) is 0 Å². The molecule has 2 rings (SSSR count). The van der Waals surface area contributed by atoms with Gasteiger partial charge in [0.1, 0.15) is 0 Å². The number of thiophene rings is 1. The van der Waals surface area contributed by atoms with Crippen LogP contribution in [0.15, 0.2) is 34.1 Å². The van der Waals surface area contributed by atoms with Crippen molar-refractivity contribution in [1.82, 2.24) is 0 Å². The third kappa shape index (κ3) is 1.77. The van der Waals surface area contributed by atoms with E-state index in [2.05, 4.69) is 59.4 Å². The van der Waals surface area contributed by atoms with Crippen molar-refractivity contribution in [1.29, 1.82) is 0 Å². The maximum Gasteiger partial charge on any atom is 0.0181 e. The van der Waals surface area contributed by atoms with Crippen LogP contribution < -0.4 is 0 Å². The van der Waals surface area contributed by atoms with E-state index in [9.17, 15) is 0 Å². The smallest absolute Gasteiger partial charge is 0.0181 e. The molecule has 0 fully saturated rings. The molecule has 1 aromatic carbocycles. The maximum absolute atomic E-state index is 3.51. The molecule has 0 bridgehead atoms. The molecular weight excluding hydrogens is 256 g/mol. The van der Waals surface area contributed by atoms with Gasteiger partial charge in [-0.25, -0.2) is 0 Å². The SMILES string of the molecule is Cc1ccc(Br)cc1-c1ccsc1C. The standard InChI is InChI=1S/C12H11BrS/c1-8-3-4-10(13)7-12(8)11-5-6-14-9(11)2/h3-7H,1-2H3. The summed E-state index contributed by atoms with van der Waals surface area (Å²) in [6.45, 7) is 4.32. The van der Waals surface area contributed by atoms with Crippen molar-refractivity contribution in [2.45, 2.75) is 13.8 Å². The molecule has 0 aliphatic rings. The van der Waals surface area contributed by atoms with Gasteiger partial charge in [0.05, 0.1) is 0 Å². The first-order valence-corrected chi connectivity index (χ1v) is 6.16. The topological polar surface area (TPSA) is 0 Å². The van der Waals surface area contributed by atoms with Gasteiger partial charge in [-0.15, -0.1) is 11.3 Å². The first-order valence-electron chi connectivity index (χ1n) is 4.49. The molecular formula is C12H11BrS. The molecule has 0 saturated carbocycles. The third-order valence-electron chi connectivity index (χ3n) is 2.35. The Morgan fingerprint density at radius 3 is 2.50 bits per heavy atom. The van der Waals surface area contributed by atoms with Gasteiger partial charge in [-0.3, -0.25) is 0 Å². The average Bonchev–Trinajstić information content (AvgIpc) is 2.56. The van der Waals surface area contributed by atoms with Gasteiger partial charge in [0.15, 0.2) is 0 Å². The summed E-state index contributed by atoms with van der Waals surface area (Å²) in [5, 5.41) is 2.14. The molecule has 0 unspecified atom stereocenters. The molecule has 1 aromatic heterocycles. The van der Waals surface area contributed by atoms with Crippen LogP contribution in [0, 0.1) is 13.8 Å². The zero-order chi connectivity index (χ0) is 10.1. The minimum Gasteiger partial charge on any atom is -0.149 e. The molecule has 0 radical (unpaired) electrons. The van der Waals surface area contributed by atoms with Crippen LogP contribution in [0.5, 0.6) is 0 Å². The minimum absolute atomic E-state index is 1.14. The highest BCUT2D eigenvalue weighted by atomic mass is 79.9. The molecule has 0 aliphatic carbocycles. The van der Waals surface area contributed by atoms with E-state index < -0.39 is 0 Å². The molecule has 0 N–H and O–H groups in total. The molecule has 14 heavy (non-hydrogen) atoms. The van der Waals surface area contributed by atoms with E-state index in [4.69, 9.17) is 0 Å². The minimum atomic E-state index is 1.14. The quantitative estimate of drug-likeness (QED) is 0.696. The Bertz CT molecular complexity index is 457. The van der Waals surface area contributed by atoms with Gasteiger partial charge in [-0.05, 0) is 54.1 Å². The normalized spacial score (nSPS) is 10.5. The Labute approximate surface area is 96.7 Å². The van der Waals surface area contributed by atoms with Crippen molar-refractivity contribution >= 4 is 27.3 Å². The zero-order valence-electron chi connectivity index (χ0n) is 8.17. The first kappa shape index (κ1) is 9.94.